The average Bonchev–Trinajstić information content (AvgIpc) is 2.11. The van der Waals surface area contributed by atoms with Crippen molar-refractivity contribution in [2.45, 2.75) is 17.9 Å². The van der Waals surface area contributed by atoms with Gasteiger partial charge in [-0.3, -0.25) is 0 Å². The first-order chi connectivity index (χ1) is 6.52. The summed E-state index contributed by atoms with van der Waals surface area (Å²) in [5.41, 5.74) is 5.66. The minimum Gasteiger partial charge on any atom is -0.398 e. The van der Waals surface area contributed by atoms with Crippen LogP contribution in [0.4, 0.5) is 14.5 Å². The predicted octanol–water partition coefficient (Wildman–Crippen LogP) is 2.02. The molecule has 78 valence electrons. The van der Waals surface area contributed by atoms with Crippen LogP contribution in [-0.2, 0) is 0 Å². The SMILES string of the molecule is CC(O)CSc1c(N)ccc(F)c1F. The Hall–Kier alpha value is -0.810. The van der Waals surface area contributed by atoms with Crippen molar-refractivity contribution in [3.8, 4) is 0 Å². The van der Waals surface area contributed by atoms with Crippen molar-refractivity contribution >= 4 is 17.4 Å². The topological polar surface area (TPSA) is 46.2 Å². The highest BCUT2D eigenvalue weighted by Crippen LogP contribution is 2.29. The van der Waals surface area contributed by atoms with Crippen molar-refractivity contribution in [3.63, 3.8) is 0 Å². The highest BCUT2D eigenvalue weighted by atomic mass is 32.2. The highest BCUT2D eigenvalue weighted by molar-refractivity contribution is 7.99. The molecule has 0 bridgehead atoms. The fourth-order valence-electron chi connectivity index (χ4n) is 0.898. The van der Waals surface area contributed by atoms with E-state index in [2.05, 4.69) is 0 Å². The van der Waals surface area contributed by atoms with Crippen molar-refractivity contribution in [3.05, 3.63) is 23.8 Å². The molecular weight excluding hydrogens is 208 g/mol. The van der Waals surface area contributed by atoms with Crippen LogP contribution in [0.15, 0.2) is 17.0 Å². The van der Waals surface area contributed by atoms with E-state index in [1.807, 2.05) is 0 Å². The van der Waals surface area contributed by atoms with Crippen LogP contribution in [-0.4, -0.2) is 17.0 Å². The Morgan fingerprint density at radius 3 is 2.71 bits per heavy atom. The molecule has 14 heavy (non-hydrogen) atoms. The molecule has 0 amide bonds. The molecule has 1 rings (SSSR count). The van der Waals surface area contributed by atoms with Gasteiger partial charge in [0.1, 0.15) is 0 Å². The maximum absolute atomic E-state index is 13.2. The second-order valence-electron chi connectivity index (χ2n) is 2.94. The Morgan fingerprint density at radius 2 is 2.14 bits per heavy atom. The number of nitrogens with two attached hydrogens (primary N) is 1. The van der Waals surface area contributed by atoms with Gasteiger partial charge in [-0.15, -0.1) is 11.8 Å². The third-order valence-corrected chi connectivity index (χ3v) is 2.90. The standard InChI is InChI=1S/C9H11F2NOS/c1-5(13)4-14-9-7(12)3-2-6(10)8(9)11/h2-3,5,13H,4,12H2,1H3. The van der Waals surface area contributed by atoms with Crippen LogP contribution < -0.4 is 5.73 Å². The minimum absolute atomic E-state index is 0.0610. The minimum atomic E-state index is -0.948. The summed E-state index contributed by atoms with van der Waals surface area (Å²) >= 11 is 1.01. The number of anilines is 1. The summed E-state index contributed by atoms with van der Waals surface area (Å²) < 4.78 is 25.9. The fourth-order valence-corrected chi connectivity index (χ4v) is 1.76. The van der Waals surface area contributed by atoms with E-state index < -0.39 is 17.7 Å². The van der Waals surface area contributed by atoms with Gasteiger partial charge in [0, 0.05) is 11.4 Å². The average molecular weight is 219 g/mol. The number of rotatable bonds is 3. The first-order valence-corrected chi connectivity index (χ1v) is 5.05. The lowest BCUT2D eigenvalue weighted by atomic mass is 10.3. The predicted molar refractivity (Wildman–Crippen MR) is 53.2 cm³/mol. The largest absolute Gasteiger partial charge is 0.398 e. The van der Waals surface area contributed by atoms with Gasteiger partial charge in [-0.05, 0) is 19.1 Å². The third-order valence-electron chi connectivity index (χ3n) is 1.55. The normalized spacial score (nSPS) is 12.9. The molecule has 5 heteroatoms. The van der Waals surface area contributed by atoms with Crippen LogP contribution >= 0.6 is 11.8 Å². The quantitative estimate of drug-likeness (QED) is 0.604. The first-order valence-electron chi connectivity index (χ1n) is 4.06. The molecule has 0 radical (unpaired) electrons. The van der Waals surface area contributed by atoms with Gasteiger partial charge in [0.05, 0.1) is 11.0 Å². The monoisotopic (exact) mass is 219 g/mol. The molecule has 0 saturated heterocycles. The zero-order valence-electron chi connectivity index (χ0n) is 7.63. The van der Waals surface area contributed by atoms with Gasteiger partial charge in [-0.25, -0.2) is 8.78 Å². The summed E-state index contributed by atoms with van der Waals surface area (Å²) in [6.45, 7) is 1.57. The van der Waals surface area contributed by atoms with Gasteiger partial charge in [0.2, 0.25) is 0 Å². The lowest BCUT2D eigenvalue weighted by Gasteiger charge is -2.08. The van der Waals surface area contributed by atoms with E-state index in [1.54, 1.807) is 6.92 Å². The summed E-state index contributed by atoms with van der Waals surface area (Å²) in [5, 5.41) is 8.99. The summed E-state index contributed by atoms with van der Waals surface area (Å²) in [4.78, 5) is 0.0610. The molecule has 0 aromatic heterocycles. The Labute approximate surface area is 85.1 Å². The molecule has 3 N–H and O–H groups in total. The third kappa shape index (κ3) is 2.59. The number of aliphatic hydroxyl groups is 1. The molecule has 1 aromatic carbocycles. The Bertz CT molecular complexity index is 331. The first kappa shape index (κ1) is 11.3. The van der Waals surface area contributed by atoms with E-state index in [4.69, 9.17) is 10.8 Å². The number of aliphatic hydroxyl groups excluding tert-OH is 1. The molecule has 0 fully saturated rings. The fraction of sp³-hybridized carbons (Fsp3) is 0.333. The summed E-state index contributed by atoms with van der Waals surface area (Å²) in [5.74, 6) is -1.59. The summed E-state index contributed by atoms with van der Waals surface area (Å²) in [7, 11) is 0. The van der Waals surface area contributed by atoms with Crippen LogP contribution in [0.3, 0.4) is 0 Å². The Kier molecular flexibility index (Phi) is 3.71. The maximum atomic E-state index is 13.2. The highest BCUT2D eigenvalue weighted by Gasteiger charge is 2.12. The van der Waals surface area contributed by atoms with E-state index in [-0.39, 0.29) is 16.3 Å². The smallest absolute Gasteiger partial charge is 0.174 e. The van der Waals surface area contributed by atoms with E-state index in [0.29, 0.717) is 0 Å². The van der Waals surface area contributed by atoms with Crippen LogP contribution in [0.25, 0.3) is 0 Å². The van der Waals surface area contributed by atoms with Gasteiger partial charge in [0.25, 0.3) is 0 Å². The van der Waals surface area contributed by atoms with Gasteiger partial charge in [-0.1, -0.05) is 0 Å². The van der Waals surface area contributed by atoms with Gasteiger partial charge < -0.3 is 10.8 Å². The summed E-state index contributed by atoms with van der Waals surface area (Å²) in [6, 6.07) is 2.29. The molecule has 1 unspecified atom stereocenters. The van der Waals surface area contributed by atoms with Gasteiger partial charge >= 0.3 is 0 Å². The molecule has 0 aliphatic heterocycles. The number of hydrogen-bond acceptors (Lipinski definition) is 3. The molecule has 1 atom stereocenters. The number of hydrogen-bond donors (Lipinski definition) is 2. The second-order valence-corrected chi connectivity index (χ2v) is 3.97. The van der Waals surface area contributed by atoms with Gasteiger partial charge in [0.15, 0.2) is 11.6 Å². The lowest BCUT2D eigenvalue weighted by Crippen LogP contribution is -2.04. The van der Waals surface area contributed by atoms with Crippen molar-refractivity contribution < 1.29 is 13.9 Å². The van der Waals surface area contributed by atoms with Crippen LogP contribution in [0.2, 0.25) is 0 Å². The second kappa shape index (κ2) is 4.61. The van der Waals surface area contributed by atoms with E-state index >= 15 is 0 Å². The lowest BCUT2D eigenvalue weighted by molar-refractivity contribution is 0.220. The van der Waals surface area contributed by atoms with Gasteiger partial charge in [-0.2, -0.15) is 0 Å². The maximum Gasteiger partial charge on any atom is 0.174 e. The molecule has 0 heterocycles. The molecular formula is C9H11F2NOS. The molecule has 2 nitrogen and oxygen atoms in total. The molecule has 0 aliphatic rings. The van der Waals surface area contributed by atoms with E-state index in [0.717, 1.165) is 17.8 Å². The van der Waals surface area contributed by atoms with Crippen LogP contribution in [0.1, 0.15) is 6.92 Å². The Morgan fingerprint density at radius 1 is 1.50 bits per heavy atom. The zero-order chi connectivity index (χ0) is 10.7. The molecule has 0 saturated carbocycles. The van der Waals surface area contributed by atoms with Crippen molar-refractivity contribution in [2.75, 3.05) is 11.5 Å². The number of halogens is 2. The van der Waals surface area contributed by atoms with Crippen molar-refractivity contribution in [1.29, 1.82) is 0 Å². The molecule has 0 spiro atoms. The number of benzene rings is 1. The number of nitrogen functional groups attached to an aromatic ring is 1. The Balaban J connectivity index is 2.89. The van der Waals surface area contributed by atoms with Crippen LogP contribution in [0, 0.1) is 11.6 Å². The van der Waals surface area contributed by atoms with E-state index in [1.165, 1.54) is 6.07 Å². The van der Waals surface area contributed by atoms with E-state index in [9.17, 15) is 8.78 Å². The van der Waals surface area contributed by atoms with Crippen molar-refractivity contribution in [1.82, 2.24) is 0 Å². The van der Waals surface area contributed by atoms with Crippen molar-refractivity contribution in [2.24, 2.45) is 0 Å². The number of thioether (sulfide) groups is 1. The zero-order valence-corrected chi connectivity index (χ0v) is 8.44. The molecule has 1 aromatic rings. The summed E-state index contributed by atoms with van der Waals surface area (Å²) in [6.07, 6.45) is -0.581. The molecule has 0 aliphatic carbocycles. The van der Waals surface area contributed by atoms with Crippen LogP contribution in [0.5, 0.6) is 0 Å².